The van der Waals surface area contributed by atoms with E-state index in [0.717, 1.165) is 18.2 Å². The van der Waals surface area contributed by atoms with E-state index in [1.807, 2.05) is 0 Å². The number of amides is 1. The van der Waals surface area contributed by atoms with E-state index >= 15 is 0 Å². The van der Waals surface area contributed by atoms with E-state index in [4.69, 9.17) is 5.11 Å². The summed E-state index contributed by atoms with van der Waals surface area (Å²) in [5, 5.41) is 11.2. The first-order chi connectivity index (χ1) is 7.41. The van der Waals surface area contributed by atoms with Crippen molar-refractivity contribution in [2.24, 2.45) is 5.92 Å². The number of hydrogen-bond donors (Lipinski definition) is 2. The van der Waals surface area contributed by atoms with Crippen molar-refractivity contribution in [3.63, 3.8) is 0 Å². The van der Waals surface area contributed by atoms with E-state index < -0.39 is 11.8 Å². The third-order valence-electron chi connectivity index (χ3n) is 1.99. The summed E-state index contributed by atoms with van der Waals surface area (Å²) < 4.78 is 12.9. The van der Waals surface area contributed by atoms with Gasteiger partial charge in [-0.1, -0.05) is 13.8 Å². The molecule has 0 aliphatic carbocycles. The van der Waals surface area contributed by atoms with Gasteiger partial charge in [0.05, 0.1) is 11.3 Å². The van der Waals surface area contributed by atoms with E-state index in [1.165, 1.54) is 0 Å². The molecule has 0 aromatic heterocycles. The van der Waals surface area contributed by atoms with Crippen molar-refractivity contribution in [1.82, 2.24) is 0 Å². The van der Waals surface area contributed by atoms with Gasteiger partial charge in [-0.05, 0) is 18.2 Å². The average molecular weight is 225 g/mol. The van der Waals surface area contributed by atoms with Crippen LogP contribution in [0.4, 0.5) is 10.1 Å². The largest absolute Gasteiger partial charge is 0.478 e. The third kappa shape index (κ3) is 2.79. The predicted octanol–water partition coefficient (Wildman–Crippen LogP) is 2.12. The summed E-state index contributed by atoms with van der Waals surface area (Å²) in [6, 6.07) is 3.14. The zero-order chi connectivity index (χ0) is 12.3. The maximum absolute atomic E-state index is 12.9. The van der Waals surface area contributed by atoms with Crippen LogP contribution >= 0.6 is 0 Å². The lowest BCUT2D eigenvalue weighted by Crippen LogP contribution is -2.19. The summed E-state index contributed by atoms with van der Waals surface area (Å²) in [5.74, 6) is -2.46. The molecule has 2 N–H and O–H groups in total. The number of carbonyl (C=O) groups excluding carboxylic acids is 1. The van der Waals surface area contributed by atoms with Crippen LogP contribution in [-0.2, 0) is 4.79 Å². The Morgan fingerprint density at radius 2 is 2.00 bits per heavy atom. The summed E-state index contributed by atoms with van der Waals surface area (Å²) in [4.78, 5) is 22.2. The SMILES string of the molecule is CC(C)C(=O)Nc1cc(F)ccc1C(=O)O. The number of carboxylic acids is 1. The van der Waals surface area contributed by atoms with Crippen LogP contribution in [-0.4, -0.2) is 17.0 Å². The Balaban J connectivity index is 3.06. The molecule has 0 bridgehead atoms. The molecule has 0 heterocycles. The first-order valence-electron chi connectivity index (χ1n) is 4.75. The summed E-state index contributed by atoms with van der Waals surface area (Å²) >= 11 is 0. The highest BCUT2D eigenvalue weighted by Gasteiger charge is 2.14. The fourth-order valence-electron chi connectivity index (χ4n) is 1.08. The van der Waals surface area contributed by atoms with Crippen molar-refractivity contribution in [1.29, 1.82) is 0 Å². The van der Waals surface area contributed by atoms with Crippen LogP contribution in [0.1, 0.15) is 24.2 Å². The van der Waals surface area contributed by atoms with Crippen molar-refractivity contribution in [3.05, 3.63) is 29.6 Å². The quantitative estimate of drug-likeness (QED) is 0.827. The number of carboxylic acid groups (broad SMARTS) is 1. The van der Waals surface area contributed by atoms with E-state index in [1.54, 1.807) is 13.8 Å². The zero-order valence-electron chi connectivity index (χ0n) is 8.95. The maximum atomic E-state index is 12.9. The number of anilines is 1. The minimum atomic E-state index is -1.21. The standard InChI is InChI=1S/C11H12FNO3/c1-6(2)10(14)13-9-5-7(12)3-4-8(9)11(15)16/h3-6H,1-2H3,(H,13,14)(H,15,16). The second kappa shape index (κ2) is 4.74. The van der Waals surface area contributed by atoms with Crippen LogP contribution in [0, 0.1) is 11.7 Å². The van der Waals surface area contributed by atoms with Crippen molar-refractivity contribution in [2.45, 2.75) is 13.8 Å². The summed E-state index contributed by atoms with van der Waals surface area (Å²) in [6.45, 7) is 3.32. The Bertz CT molecular complexity index is 429. The molecule has 86 valence electrons. The molecule has 0 unspecified atom stereocenters. The molecule has 1 amide bonds. The van der Waals surface area contributed by atoms with Gasteiger partial charge < -0.3 is 10.4 Å². The van der Waals surface area contributed by atoms with Gasteiger partial charge in [0.15, 0.2) is 0 Å². The van der Waals surface area contributed by atoms with Gasteiger partial charge in [-0.2, -0.15) is 0 Å². The molecule has 0 spiro atoms. The normalized spacial score (nSPS) is 10.2. The molecule has 0 aliphatic heterocycles. The monoisotopic (exact) mass is 225 g/mol. The minimum Gasteiger partial charge on any atom is -0.478 e. The second-order valence-electron chi connectivity index (χ2n) is 3.64. The van der Waals surface area contributed by atoms with Gasteiger partial charge in [-0.25, -0.2) is 9.18 Å². The fraction of sp³-hybridized carbons (Fsp3) is 0.273. The molecular weight excluding hydrogens is 213 g/mol. The molecule has 16 heavy (non-hydrogen) atoms. The van der Waals surface area contributed by atoms with E-state index in [9.17, 15) is 14.0 Å². The number of carbonyl (C=O) groups is 2. The Kier molecular flexibility index (Phi) is 3.60. The molecule has 0 radical (unpaired) electrons. The van der Waals surface area contributed by atoms with Crippen LogP contribution in [0.3, 0.4) is 0 Å². The molecule has 5 heteroatoms. The highest BCUT2D eigenvalue weighted by Crippen LogP contribution is 2.18. The smallest absolute Gasteiger partial charge is 0.337 e. The highest BCUT2D eigenvalue weighted by atomic mass is 19.1. The number of rotatable bonds is 3. The molecule has 4 nitrogen and oxygen atoms in total. The Morgan fingerprint density at radius 3 is 2.50 bits per heavy atom. The van der Waals surface area contributed by atoms with Crippen molar-refractivity contribution >= 4 is 17.6 Å². The van der Waals surface area contributed by atoms with Gasteiger partial charge in [0.1, 0.15) is 5.82 Å². The molecule has 1 aromatic rings. The summed E-state index contributed by atoms with van der Waals surface area (Å²) in [6.07, 6.45) is 0. The first-order valence-corrected chi connectivity index (χ1v) is 4.75. The van der Waals surface area contributed by atoms with Gasteiger partial charge in [0, 0.05) is 5.92 Å². The van der Waals surface area contributed by atoms with Crippen LogP contribution in [0.15, 0.2) is 18.2 Å². The van der Waals surface area contributed by atoms with Crippen molar-refractivity contribution in [2.75, 3.05) is 5.32 Å². The number of nitrogens with one attached hydrogen (secondary N) is 1. The van der Waals surface area contributed by atoms with Gasteiger partial charge in [0.25, 0.3) is 0 Å². The highest BCUT2D eigenvalue weighted by molar-refractivity contribution is 6.00. The van der Waals surface area contributed by atoms with Crippen LogP contribution < -0.4 is 5.32 Å². The summed E-state index contributed by atoms with van der Waals surface area (Å²) in [7, 11) is 0. The molecule has 0 saturated carbocycles. The second-order valence-corrected chi connectivity index (χ2v) is 3.64. The molecule has 1 rings (SSSR count). The number of hydrogen-bond acceptors (Lipinski definition) is 2. The Labute approximate surface area is 92.1 Å². The topological polar surface area (TPSA) is 66.4 Å². The third-order valence-corrected chi connectivity index (χ3v) is 1.99. The van der Waals surface area contributed by atoms with E-state index in [-0.39, 0.29) is 23.1 Å². The van der Waals surface area contributed by atoms with Crippen LogP contribution in [0.5, 0.6) is 0 Å². The van der Waals surface area contributed by atoms with Crippen LogP contribution in [0.25, 0.3) is 0 Å². The molecule has 0 aliphatic rings. The Hall–Kier alpha value is -1.91. The number of halogens is 1. The lowest BCUT2D eigenvalue weighted by Gasteiger charge is -2.10. The van der Waals surface area contributed by atoms with E-state index in [0.29, 0.717) is 0 Å². The fourth-order valence-corrected chi connectivity index (χ4v) is 1.08. The van der Waals surface area contributed by atoms with Crippen molar-refractivity contribution < 1.29 is 19.1 Å². The maximum Gasteiger partial charge on any atom is 0.337 e. The molecule has 1 aromatic carbocycles. The zero-order valence-corrected chi connectivity index (χ0v) is 8.95. The lowest BCUT2D eigenvalue weighted by molar-refractivity contribution is -0.118. The first kappa shape index (κ1) is 12.2. The summed E-state index contributed by atoms with van der Waals surface area (Å²) in [5.41, 5.74) is -0.151. The number of benzene rings is 1. The van der Waals surface area contributed by atoms with Gasteiger partial charge in [-0.3, -0.25) is 4.79 Å². The van der Waals surface area contributed by atoms with E-state index in [2.05, 4.69) is 5.32 Å². The average Bonchev–Trinajstić information content (AvgIpc) is 2.16. The number of aromatic carboxylic acids is 1. The lowest BCUT2D eigenvalue weighted by atomic mass is 10.1. The Morgan fingerprint density at radius 1 is 1.38 bits per heavy atom. The molecular formula is C11H12FNO3. The van der Waals surface area contributed by atoms with Gasteiger partial charge in [0.2, 0.25) is 5.91 Å². The van der Waals surface area contributed by atoms with Gasteiger partial charge in [-0.15, -0.1) is 0 Å². The molecule has 0 saturated heterocycles. The van der Waals surface area contributed by atoms with Crippen LogP contribution in [0.2, 0.25) is 0 Å². The minimum absolute atomic E-state index is 0.0220. The molecule has 0 fully saturated rings. The predicted molar refractivity (Wildman–Crippen MR) is 56.8 cm³/mol. The van der Waals surface area contributed by atoms with Gasteiger partial charge >= 0.3 is 5.97 Å². The van der Waals surface area contributed by atoms with Crippen molar-refractivity contribution in [3.8, 4) is 0 Å². The molecule has 0 atom stereocenters.